The highest BCUT2D eigenvalue weighted by Crippen LogP contribution is 2.33. The second-order valence-corrected chi connectivity index (χ2v) is 11.7. The molecule has 0 aliphatic heterocycles. The van der Waals surface area contributed by atoms with E-state index in [4.69, 9.17) is 0 Å². The number of rotatable bonds is 9. The first-order valence-corrected chi connectivity index (χ1v) is 13.9. The van der Waals surface area contributed by atoms with Gasteiger partial charge in [0, 0.05) is 41.9 Å². The molecule has 2 aliphatic rings. The van der Waals surface area contributed by atoms with Gasteiger partial charge in [-0.25, -0.2) is 28.1 Å². The van der Waals surface area contributed by atoms with E-state index in [1.54, 1.807) is 12.1 Å². The Kier molecular flexibility index (Phi) is 6.46. The molecule has 2 saturated carbocycles. The quantitative estimate of drug-likeness (QED) is 0.279. The Bertz CT molecular complexity index is 1600. The molecule has 0 amide bonds. The van der Waals surface area contributed by atoms with Crippen molar-refractivity contribution in [2.24, 2.45) is 0 Å². The zero-order valence-electron chi connectivity index (χ0n) is 20.5. The Morgan fingerprint density at radius 3 is 2.64 bits per heavy atom. The molecule has 2 atom stereocenters. The molecule has 2 fully saturated rings. The number of alkyl halides is 2. The van der Waals surface area contributed by atoms with Crippen LogP contribution in [0.4, 0.5) is 26.1 Å². The number of aliphatic hydroxyl groups excluding tert-OH is 1. The highest BCUT2D eigenvalue weighted by Gasteiger charge is 2.37. The van der Waals surface area contributed by atoms with Gasteiger partial charge in [0.05, 0.1) is 35.0 Å². The van der Waals surface area contributed by atoms with E-state index in [0.29, 0.717) is 64.5 Å². The molecule has 0 spiro atoms. The first-order valence-electron chi connectivity index (χ1n) is 12.4. The molecule has 39 heavy (non-hydrogen) atoms. The predicted molar refractivity (Wildman–Crippen MR) is 138 cm³/mol. The van der Waals surface area contributed by atoms with E-state index in [0.717, 1.165) is 10.5 Å². The number of anilines is 3. The van der Waals surface area contributed by atoms with E-state index >= 15 is 0 Å². The van der Waals surface area contributed by atoms with Gasteiger partial charge in [-0.1, -0.05) is 0 Å². The summed E-state index contributed by atoms with van der Waals surface area (Å²) < 4.78 is 52.7. The van der Waals surface area contributed by atoms with Gasteiger partial charge in [0.1, 0.15) is 11.6 Å². The van der Waals surface area contributed by atoms with Crippen LogP contribution in [0.5, 0.6) is 0 Å². The zero-order chi connectivity index (χ0) is 27.1. The van der Waals surface area contributed by atoms with Crippen LogP contribution in [0.3, 0.4) is 0 Å². The van der Waals surface area contributed by atoms with Crippen LogP contribution >= 0.6 is 0 Å². The van der Waals surface area contributed by atoms with Crippen LogP contribution < -0.4 is 10.6 Å². The standard InChI is InChI=1S/C24H25F2N9O3S/c25-24(26)34-8-6-19(33-34)18-12-28-22(10-20(18)30-15-1-2-16(36)9-15)31-21-5-7-27-23(32-21)14-11-29-35(13-14)39(37,38)17-3-4-17/h5-8,10-13,15-17,24,36H,1-4,9H2,(H2,27,28,30,31,32). The summed E-state index contributed by atoms with van der Waals surface area (Å²) in [4.78, 5) is 13.1. The molecule has 2 unspecified atom stereocenters. The van der Waals surface area contributed by atoms with Gasteiger partial charge in [0.2, 0.25) is 0 Å². The Morgan fingerprint density at radius 1 is 1.08 bits per heavy atom. The lowest BCUT2D eigenvalue weighted by Gasteiger charge is -2.18. The Balaban J connectivity index is 1.27. The second kappa shape index (κ2) is 9.96. The van der Waals surface area contributed by atoms with Crippen LogP contribution in [-0.2, 0) is 10.0 Å². The van der Waals surface area contributed by atoms with Crippen LogP contribution in [-0.4, -0.2) is 64.8 Å². The van der Waals surface area contributed by atoms with Crippen LogP contribution in [0, 0.1) is 0 Å². The molecule has 6 rings (SSSR count). The first-order chi connectivity index (χ1) is 18.8. The average Bonchev–Trinajstić information content (AvgIpc) is 3.27. The number of aliphatic hydroxyl groups is 1. The zero-order valence-corrected chi connectivity index (χ0v) is 21.3. The summed E-state index contributed by atoms with van der Waals surface area (Å²) in [6.07, 6.45) is 9.93. The summed E-state index contributed by atoms with van der Waals surface area (Å²) in [6, 6.07) is 4.85. The third kappa shape index (κ3) is 5.31. The predicted octanol–water partition coefficient (Wildman–Crippen LogP) is 3.40. The SMILES string of the molecule is O=S(=O)(C1CC1)n1cc(-c2nccc(Nc3cc(NC4CCC(O)C4)c(-c4ccn(C(F)F)n4)cn3)n2)cn1. The van der Waals surface area contributed by atoms with Gasteiger partial charge in [-0.3, -0.25) is 0 Å². The Hall–Kier alpha value is -3.98. The number of halogens is 2. The lowest BCUT2D eigenvalue weighted by Crippen LogP contribution is -2.17. The van der Waals surface area contributed by atoms with E-state index in [2.05, 4.69) is 35.8 Å². The van der Waals surface area contributed by atoms with Crippen molar-refractivity contribution in [1.29, 1.82) is 0 Å². The molecule has 0 aromatic carbocycles. The van der Waals surface area contributed by atoms with E-state index in [9.17, 15) is 22.3 Å². The van der Waals surface area contributed by atoms with E-state index in [1.165, 1.54) is 37.1 Å². The van der Waals surface area contributed by atoms with Gasteiger partial charge in [0.25, 0.3) is 10.0 Å². The van der Waals surface area contributed by atoms with Crippen molar-refractivity contribution in [2.75, 3.05) is 10.6 Å². The topological polar surface area (TPSA) is 153 Å². The fourth-order valence-electron chi connectivity index (χ4n) is 4.52. The van der Waals surface area contributed by atoms with Crippen molar-refractivity contribution in [3.63, 3.8) is 0 Å². The molecule has 15 heteroatoms. The Morgan fingerprint density at radius 2 is 1.92 bits per heavy atom. The molecule has 2 aliphatic carbocycles. The van der Waals surface area contributed by atoms with Crippen molar-refractivity contribution < 1.29 is 22.3 Å². The number of hydrogen-bond acceptors (Lipinski definition) is 10. The van der Waals surface area contributed by atoms with Crippen molar-refractivity contribution in [1.82, 2.24) is 33.9 Å². The average molecular weight is 558 g/mol. The third-order valence-electron chi connectivity index (χ3n) is 6.69. The molecule has 4 aromatic rings. The Labute approximate surface area is 222 Å². The molecule has 12 nitrogen and oxygen atoms in total. The largest absolute Gasteiger partial charge is 0.393 e. The van der Waals surface area contributed by atoms with Gasteiger partial charge in [0.15, 0.2) is 5.82 Å². The number of nitrogens with one attached hydrogen (secondary N) is 2. The molecule has 0 bridgehead atoms. The highest BCUT2D eigenvalue weighted by molar-refractivity contribution is 7.90. The molecule has 3 N–H and O–H groups in total. The summed E-state index contributed by atoms with van der Waals surface area (Å²) in [5, 5.41) is 24.0. The summed E-state index contributed by atoms with van der Waals surface area (Å²) >= 11 is 0. The lowest BCUT2D eigenvalue weighted by molar-refractivity contribution is 0.0568. The molecule has 0 radical (unpaired) electrons. The van der Waals surface area contributed by atoms with Gasteiger partial charge in [-0.05, 0) is 44.2 Å². The van der Waals surface area contributed by atoms with E-state index < -0.39 is 27.9 Å². The van der Waals surface area contributed by atoms with E-state index in [1.807, 2.05) is 0 Å². The van der Waals surface area contributed by atoms with Crippen molar-refractivity contribution in [3.05, 3.63) is 49.2 Å². The van der Waals surface area contributed by atoms with Crippen molar-refractivity contribution in [2.45, 2.75) is 56.0 Å². The second-order valence-electron chi connectivity index (χ2n) is 9.62. The van der Waals surface area contributed by atoms with E-state index in [-0.39, 0.29) is 11.9 Å². The first kappa shape index (κ1) is 25.3. The maximum atomic E-state index is 13.1. The van der Waals surface area contributed by atoms with Gasteiger partial charge >= 0.3 is 6.55 Å². The third-order valence-corrected chi connectivity index (χ3v) is 8.72. The fourth-order valence-corrected chi connectivity index (χ4v) is 6.00. The van der Waals surface area contributed by atoms with Crippen LogP contribution in [0.2, 0.25) is 0 Å². The smallest absolute Gasteiger partial charge is 0.333 e. The van der Waals surface area contributed by atoms with Gasteiger partial charge in [-0.2, -0.15) is 23.1 Å². The number of nitrogens with zero attached hydrogens (tertiary/aromatic N) is 7. The normalized spacial score (nSPS) is 19.5. The van der Waals surface area contributed by atoms with Crippen LogP contribution in [0.25, 0.3) is 22.6 Å². The minimum absolute atomic E-state index is 0.000270. The summed E-state index contributed by atoms with van der Waals surface area (Å²) in [7, 11) is -3.51. The number of hydrogen-bond donors (Lipinski definition) is 3. The van der Waals surface area contributed by atoms with Gasteiger partial charge < -0.3 is 15.7 Å². The molecule has 4 heterocycles. The van der Waals surface area contributed by atoms with Crippen molar-refractivity contribution in [3.8, 4) is 22.6 Å². The maximum absolute atomic E-state index is 13.1. The lowest BCUT2D eigenvalue weighted by atomic mass is 10.1. The highest BCUT2D eigenvalue weighted by atomic mass is 32.2. The molecular weight excluding hydrogens is 532 g/mol. The number of aromatic nitrogens is 7. The van der Waals surface area contributed by atoms with Gasteiger partial charge in [-0.15, -0.1) is 0 Å². The monoisotopic (exact) mass is 557 g/mol. The molecule has 204 valence electrons. The molecule has 4 aromatic heterocycles. The van der Waals surface area contributed by atoms with Crippen LogP contribution in [0.15, 0.2) is 49.2 Å². The number of pyridine rings is 1. The summed E-state index contributed by atoms with van der Waals surface area (Å²) in [6.45, 7) is -2.76. The fraction of sp³-hybridized carbons (Fsp3) is 0.375. The summed E-state index contributed by atoms with van der Waals surface area (Å²) in [5.74, 6) is 1.11. The summed E-state index contributed by atoms with van der Waals surface area (Å²) in [5.41, 5.74) is 1.93. The van der Waals surface area contributed by atoms with Crippen molar-refractivity contribution >= 4 is 27.3 Å². The maximum Gasteiger partial charge on any atom is 0.333 e. The molecular formula is C24H25F2N9O3S. The minimum Gasteiger partial charge on any atom is -0.393 e. The molecule has 0 saturated heterocycles. The van der Waals surface area contributed by atoms with Crippen LogP contribution in [0.1, 0.15) is 38.7 Å². The minimum atomic E-state index is -3.51.